The van der Waals surface area contributed by atoms with Gasteiger partial charge in [0.25, 0.3) is 0 Å². The Morgan fingerprint density at radius 3 is 3.11 bits per heavy atom. The van der Waals surface area contributed by atoms with E-state index >= 15 is 0 Å². The fraction of sp³-hybridized carbons (Fsp3) is 0.167. The molecular weight excluding hydrogens is 246 g/mol. The van der Waals surface area contributed by atoms with Crippen LogP contribution in [-0.4, -0.2) is 14.8 Å². The smallest absolute Gasteiger partial charge is 0.134 e. The Morgan fingerprint density at radius 1 is 1.44 bits per heavy atom. The molecule has 0 bridgehead atoms. The maximum Gasteiger partial charge on any atom is 0.134 e. The molecule has 0 aromatic carbocycles. The fourth-order valence-electron chi connectivity index (χ4n) is 1.84. The van der Waals surface area contributed by atoms with E-state index in [4.69, 9.17) is 5.73 Å². The lowest BCUT2D eigenvalue weighted by Crippen LogP contribution is -2.05. The standard InChI is InChI=1S/C12H13N5S/c1-17-11(13)8(7-16-17)6-15-12-9-3-5-18-10(9)2-4-14-12/h2-5,7H,6,13H2,1H3,(H,14,15). The highest BCUT2D eigenvalue weighted by Crippen LogP contribution is 2.26. The third-order valence-corrected chi connectivity index (χ3v) is 3.77. The quantitative estimate of drug-likeness (QED) is 0.756. The van der Waals surface area contributed by atoms with E-state index in [2.05, 4.69) is 26.8 Å². The average Bonchev–Trinajstić information content (AvgIpc) is 2.97. The van der Waals surface area contributed by atoms with Gasteiger partial charge in [0.2, 0.25) is 0 Å². The highest BCUT2D eigenvalue weighted by Gasteiger charge is 2.06. The molecule has 0 spiro atoms. The van der Waals surface area contributed by atoms with Crippen molar-refractivity contribution in [2.75, 3.05) is 11.1 Å². The number of nitrogens with one attached hydrogen (secondary N) is 1. The summed E-state index contributed by atoms with van der Waals surface area (Å²) in [6.07, 6.45) is 3.59. The number of aryl methyl sites for hydroxylation is 1. The van der Waals surface area contributed by atoms with Gasteiger partial charge in [-0.05, 0) is 17.5 Å². The molecular formula is C12H13N5S. The average molecular weight is 259 g/mol. The lowest BCUT2D eigenvalue weighted by atomic mass is 10.3. The van der Waals surface area contributed by atoms with Crippen LogP contribution >= 0.6 is 11.3 Å². The lowest BCUT2D eigenvalue weighted by molar-refractivity contribution is 0.778. The van der Waals surface area contributed by atoms with Crippen LogP contribution in [0.4, 0.5) is 11.6 Å². The number of aromatic nitrogens is 3. The van der Waals surface area contributed by atoms with Gasteiger partial charge >= 0.3 is 0 Å². The van der Waals surface area contributed by atoms with Crippen molar-refractivity contribution < 1.29 is 0 Å². The van der Waals surface area contributed by atoms with Crippen LogP contribution in [0.1, 0.15) is 5.56 Å². The highest BCUT2D eigenvalue weighted by atomic mass is 32.1. The molecule has 0 atom stereocenters. The minimum absolute atomic E-state index is 0.627. The first kappa shape index (κ1) is 11.0. The molecule has 0 aliphatic carbocycles. The molecule has 0 radical (unpaired) electrons. The molecule has 3 heterocycles. The molecule has 18 heavy (non-hydrogen) atoms. The van der Waals surface area contributed by atoms with Crippen LogP contribution in [0, 0.1) is 0 Å². The summed E-state index contributed by atoms with van der Waals surface area (Å²) in [4.78, 5) is 4.36. The Balaban J connectivity index is 1.85. The number of hydrogen-bond donors (Lipinski definition) is 2. The third kappa shape index (κ3) is 1.80. The maximum atomic E-state index is 5.90. The van der Waals surface area contributed by atoms with Crippen molar-refractivity contribution in [3.05, 3.63) is 35.5 Å². The van der Waals surface area contributed by atoms with E-state index in [9.17, 15) is 0 Å². The van der Waals surface area contributed by atoms with E-state index in [1.807, 2.05) is 19.3 Å². The Morgan fingerprint density at radius 2 is 2.33 bits per heavy atom. The minimum atomic E-state index is 0.627. The van der Waals surface area contributed by atoms with E-state index in [1.54, 1.807) is 22.2 Å². The summed E-state index contributed by atoms with van der Waals surface area (Å²) in [6, 6.07) is 4.09. The van der Waals surface area contributed by atoms with Gasteiger partial charge in [-0.2, -0.15) is 5.10 Å². The molecule has 3 N–H and O–H groups in total. The summed E-state index contributed by atoms with van der Waals surface area (Å²) in [7, 11) is 1.83. The van der Waals surface area contributed by atoms with Crippen LogP contribution < -0.4 is 11.1 Å². The summed E-state index contributed by atoms with van der Waals surface area (Å²) in [5, 5.41) is 10.6. The van der Waals surface area contributed by atoms with Crippen LogP contribution in [0.15, 0.2) is 29.9 Å². The number of nitrogen functional groups attached to an aromatic ring is 1. The molecule has 0 saturated carbocycles. The molecule has 0 amide bonds. The van der Waals surface area contributed by atoms with Gasteiger partial charge in [0.1, 0.15) is 11.6 Å². The van der Waals surface area contributed by atoms with Crippen molar-refractivity contribution in [3.63, 3.8) is 0 Å². The summed E-state index contributed by atoms with van der Waals surface area (Å²) >= 11 is 1.71. The number of fused-ring (bicyclic) bond motifs is 1. The molecule has 3 aromatic rings. The number of nitrogens with zero attached hydrogens (tertiary/aromatic N) is 3. The second kappa shape index (κ2) is 4.30. The van der Waals surface area contributed by atoms with Crippen LogP contribution in [0.25, 0.3) is 10.1 Å². The van der Waals surface area contributed by atoms with Gasteiger partial charge in [-0.15, -0.1) is 11.3 Å². The summed E-state index contributed by atoms with van der Waals surface area (Å²) in [5.41, 5.74) is 6.88. The van der Waals surface area contributed by atoms with Crippen molar-refractivity contribution in [3.8, 4) is 0 Å². The molecule has 0 aliphatic heterocycles. The zero-order valence-electron chi connectivity index (χ0n) is 9.92. The van der Waals surface area contributed by atoms with Crippen LogP contribution in [0.3, 0.4) is 0 Å². The van der Waals surface area contributed by atoms with Crippen molar-refractivity contribution >= 4 is 33.1 Å². The monoisotopic (exact) mass is 259 g/mol. The highest BCUT2D eigenvalue weighted by molar-refractivity contribution is 7.17. The molecule has 3 aromatic heterocycles. The van der Waals surface area contributed by atoms with Crippen LogP contribution in [0.5, 0.6) is 0 Å². The summed E-state index contributed by atoms with van der Waals surface area (Å²) in [5.74, 6) is 1.57. The largest absolute Gasteiger partial charge is 0.384 e. The van der Waals surface area contributed by atoms with Crippen molar-refractivity contribution in [1.29, 1.82) is 0 Å². The predicted molar refractivity (Wildman–Crippen MR) is 74.6 cm³/mol. The molecule has 3 rings (SSSR count). The molecule has 5 nitrogen and oxygen atoms in total. The summed E-state index contributed by atoms with van der Waals surface area (Å²) < 4.78 is 2.89. The van der Waals surface area contributed by atoms with E-state index in [0.29, 0.717) is 12.4 Å². The molecule has 0 aliphatic rings. The van der Waals surface area contributed by atoms with Gasteiger partial charge in [0.15, 0.2) is 0 Å². The van der Waals surface area contributed by atoms with Crippen molar-refractivity contribution in [1.82, 2.24) is 14.8 Å². The van der Waals surface area contributed by atoms with Crippen LogP contribution in [-0.2, 0) is 13.6 Å². The van der Waals surface area contributed by atoms with Gasteiger partial charge in [-0.25, -0.2) is 4.98 Å². The van der Waals surface area contributed by atoms with Gasteiger partial charge in [0, 0.05) is 35.4 Å². The van der Waals surface area contributed by atoms with E-state index in [-0.39, 0.29) is 0 Å². The molecule has 0 fully saturated rings. The Hall–Kier alpha value is -2.08. The Bertz CT molecular complexity index is 685. The number of anilines is 2. The molecule has 6 heteroatoms. The zero-order chi connectivity index (χ0) is 12.5. The first-order valence-corrected chi connectivity index (χ1v) is 6.46. The predicted octanol–water partition coefficient (Wildman–Crippen LogP) is 2.22. The Labute approximate surface area is 108 Å². The molecule has 0 unspecified atom stereocenters. The number of pyridine rings is 1. The minimum Gasteiger partial charge on any atom is -0.384 e. The topological polar surface area (TPSA) is 68.8 Å². The number of hydrogen-bond acceptors (Lipinski definition) is 5. The van der Waals surface area contributed by atoms with E-state index < -0.39 is 0 Å². The normalized spacial score (nSPS) is 10.9. The second-order valence-corrected chi connectivity index (χ2v) is 4.97. The summed E-state index contributed by atoms with van der Waals surface area (Å²) in [6.45, 7) is 0.627. The Kier molecular flexibility index (Phi) is 2.64. The molecule has 0 saturated heterocycles. The van der Waals surface area contributed by atoms with Crippen molar-refractivity contribution in [2.45, 2.75) is 6.54 Å². The van der Waals surface area contributed by atoms with Gasteiger partial charge in [-0.3, -0.25) is 4.68 Å². The fourth-order valence-corrected chi connectivity index (χ4v) is 2.63. The first-order chi connectivity index (χ1) is 8.75. The zero-order valence-corrected chi connectivity index (χ0v) is 10.7. The van der Waals surface area contributed by atoms with Gasteiger partial charge in [-0.1, -0.05) is 0 Å². The van der Waals surface area contributed by atoms with Crippen molar-refractivity contribution in [2.24, 2.45) is 7.05 Å². The third-order valence-electron chi connectivity index (χ3n) is 2.89. The van der Waals surface area contributed by atoms with E-state index in [1.165, 1.54) is 4.70 Å². The number of thiophene rings is 1. The second-order valence-electron chi connectivity index (χ2n) is 4.02. The SMILES string of the molecule is Cn1ncc(CNc2nccc3sccc23)c1N. The van der Waals surface area contributed by atoms with E-state index in [0.717, 1.165) is 16.8 Å². The lowest BCUT2D eigenvalue weighted by Gasteiger charge is -2.06. The number of nitrogens with two attached hydrogens (primary N) is 1. The van der Waals surface area contributed by atoms with Crippen LogP contribution in [0.2, 0.25) is 0 Å². The van der Waals surface area contributed by atoms with Gasteiger partial charge < -0.3 is 11.1 Å². The van der Waals surface area contributed by atoms with Gasteiger partial charge in [0.05, 0.1) is 6.20 Å². The molecule has 92 valence electrons. The maximum absolute atomic E-state index is 5.90. The first-order valence-electron chi connectivity index (χ1n) is 5.58. The number of rotatable bonds is 3.